The molecule has 0 heterocycles. The molecular formula is C30H53N. The summed E-state index contributed by atoms with van der Waals surface area (Å²) in [7, 11) is 0. The average molecular weight is 428 g/mol. The molecule has 4 rings (SSSR count). The normalized spacial score (nSPS) is 46.3. The van der Waals surface area contributed by atoms with Gasteiger partial charge in [-0.1, -0.05) is 66.7 Å². The smallest absolute Gasteiger partial charge is 0.0658 e. The molecule has 3 unspecified atom stereocenters. The highest BCUT2D eigenvalue weighted by atomic mass is 14.4. The molecule has 4 aliphatic rings. The van der Waals surface area contributed by atoms with Crippen molar-refractivity contribution in [1.82, 2.24) is 0 Å². The van der Waals surface area contributed by atoms with E-state index >= 15 is 0 Å². The van der Waals surface area contributed by atoms with Gasteiger partial charge in [0.05, 0.1) is 6.07 Å². The van der Waals surface area contributed by atoms with E-state index in [4.69, 9.17) is 5.26 Å². The van der Waals surface area contributed by atoms with Gasteiger partial charge in [0.25, 0.3) is 0 Å². The van der Waals surface area contributed by atoms with Gasteiger partial charge in [-0.3, -0.25) is 0 Å². The van der Waals surface area contributed by atoms with Crippen molar-refractivity contribution in [3.05, 3.63) is 0 Å². The van der Waals surface area contributed by atoms with Gasteiger partial charge in [0, 0.05) is 5.92 Å². The van der Waals surface area contributed by atoms with Crippen LogP contribution in [-0.2, 0) is 0 Å². The first-order valence-corrected chi connectivity index (χ1v) is 14.3. The molecule has 1 heteroatoms. The van der Waals surface area contributed by atoms with Crippen molar-refractivity contribution in [1.29, 1.82) is 5.26 Å². The summed E-state index contributed by atoms with van der Waals surface area (Å²) < 4.78 is 0. The zero-order valence-corrected chi connectivity index (χ0v) is 21.6. The molecule has 0 saturated heterocycles. The summed E-state index contributed by atoms with van der Waals surface area (Å²) in [5.41, 5.74) is 0. The van der Waals surface area contributed by atoms with Crippen LogP contribution in [0.15, 0.2) is 0 Å². The first-order chi connectivity index (χ1) is 14.9. The van der Waals surface area contributed by atoms with Gasteiger partial charge in [-0.2, -0.15) is 5.26 Å². The lowest BCUT2D eigenvalue weighted by Gasteiger charge is -2.39. The van der Waals surface area contributed by atoms with E-state index < -0.39 is 0 Å². The molecule has 6 atom stereocenters. The maximum absolute atomic E-state index is 9.17. The molecule has 4 saturated carbocycles. The fourth-order valence-electron chi connectivity index (χ4n) is 7.49. The Morgan fingerprint density at radius 1 is 0.452 bits per heavy atom. The lowest BCUT2D eigenvalue weighted by atomic mass is 9.66. The monoisotopic (exact) mass is 427 g/mol. The summed E-state index contributed by atoms with van der Waals surface area (Å²) in [5, 5.41) is 9.17. The van der Waals surface area contributed by atoms with E-state index in [0.717, 1.165) is 47.3 Å². The van der Waals surface area contributed by atoms with Crippen molar-refractivity contribution in [2.24, 2.45) is 59.2 Å². The standard InChI is InChI=1S/C15H25N.C15H28/c1-11-3-6-13(7-4-11)14-8-5-12(2)15(9-14)10-16;1-11-4-7-14(8-5-11)15-9-6-12(2)13(3)10-15/h11-15H,3-9H2,1-2H3;11-15H,4-10H2,1-3H3/t11?,12-,13?,14?,15?;11?,12-,13-,14?,15?/m11/s1. The Bertz CT molecular complexity index is 545. The third kappa shape index (κ3) is 7.24. The van der Waals surface area contributed by atoms with Gasteiger partial charge >= 0.3 is 0 Å². The van der Waals surface area contributed by atoms with Crippen LogP contribution in [0.1, 0.15) is 125 Å². The van der Waals surface area contributed by atoms with Gasteiger partial charge in [-0.15, -0.1) is 0 Å². The number of nitrogens with zero attached hydrogens (tertiary/aromatic N) is 1. The molecule has 0 N–H and O–H groups in total. The summed E-state index contributed by atoms with van der Waals surface area (Å²) in [6, 6.07) is 2.53. The summed E-state index contributed by atoms with van der Waals surface area (Å²) in [6.45, 7) is 12.0. The fraction of sp³-hybridized carbons (Fsp3) is 0.967. The molecule has 31 heavy (non-hydrogen) atoms. The van der Waals surface area contributed by atoms with E-state index in [2.05, 4.69) is 40.7 Å². The third-order valence-corrected chi connectivity index (χ3v) is 10.5. The van der Waals surface area contributed by atoms with E-state index in [9.17, 15) is 0 Å². The van der Waals surface area contributed by atoms with Crippen molar-refractivity contribution < 1.29 is 0 Å². The number of rotatable bonds is 2. The largest absolute Gasteiger partial charge is 0.198 e. The highest BCUT2D eigenvalue weighted by Crippen LogP contribution is 2.44. The Morgan fingerprint density at radius 2 is 0.871 bits per heavy atom. The Hall–Kier alpha value is -0.510. The molecule has 178 valence electrons. The molecule has 0 radical (unpaired) electrons. The Labute approximate surface area is 195 Å². The summed E-state index contributed by atoms with van der Waals surface area (Å²) in [4.78, 5) is 0. The van der Waals surface area contributed by atoms with Gasteiger partial charge < -0.3 is 0 Å². The first kappa shape index (κ1) is 25.1. The minimum absolute atomic E-state index is 0.345. The second-order valence-corrected chi connectivity index (χ2v) is 12.9. The van der Waals surface area contributed by atoms with Crippen LogP contribution < -0.4 is 0 Å². The molecule has 0 bridgehead atoms. The van der Waals surface area contributed by atoms with Crippen LogP contribution in [0.3, 0.4) is 0 Å². The lowest BCUT2D eigenvalue weighted by Crippen LogP contribution is -2.29. The highest BCUT2D eigenvalue weighted by molar-refractivity contribution is 4.93. The molecule has 0 aromatic heterocycles. The second kappa shape index (κ2) is 12.1. The maximum atomic E-state index is 9.17. The highest BCUT2D eigenvalue weighted by Gasteiger charge is 2.34. The zero-order chi connectivity index (χ0) is 22.4. The Balaban J connectivity index is 0.000000176. The lowest BCUT2D eigenvalue weighted by molar-refractivity contribution is 0.120. The predicted octanol–water partition coefficient (Wildman–Crippen LogP) is 9.27. The van der Waals surface area contributed by atoms with E-state index in [-0.39, 0.29) is 0 Å². The van der Waals surface area contributed by atoms with Crippen LogP contribution in [0.2, 0.25) is 0 Å². The molecule has 4 fully saturated rings. The molecule has 1 nitrogen and oxygen atoms in total. The SMILES string of the molecule is CC1CCC(C2CC[C@@H](C)C(C#N)C2)CC1.CC1CCC(C2CC[C@@H](C)[C@H](C)C2)CC1. The summed E-state index contributed by atoms with van der Waals surface area (Å²) in [6.07, 6.45) is 20.2. The number of hydrogen-bond acceptors (Lipinski definition) is 1. The zero-order valence-electron chi connectivity index (χ0n) is 21.6. The topological polar surface area (TPSA) is 23.8 Å². The Morgan fingerprint density at radius 3 is 1.32 bits per heavy atom. The van der Waals surface area contributed by atoms with Crippen molar-refractivity contribution in [3.8, 4) is 6.07 Å². The molecule has 0 aromatic rings. The van der Waals surface area contributed by atoms with Gasteiger partial charge in [-0.05, 0) is 111 Å². The molecule has 0 aromatic carbocycles. The van der Waals surface area contributed by atoms with Crippen molar-refractivity contribution in [2.45, 2.75) is 125 Å². The van der Waals surface area contributed by atoms with Crippen LogP contribution in [0.4, 0.5) is 0 Å². The minimum atomic E-state index is 0.345. The van der Waals surface area contributed by atoms with E-state index in [1.807, 2.05) is 0 Å². The van der Waals surface area contributed by atoms with Crippen LogP contribution in [-0.4, -0.2) is 0 Å². The summed E-state index contributed by atoms with van der Waals surface area (Å²) >= 11 is 0. The number of hydrogen-bond donors (Lipinski definition) is 0. The van der Waals surface area contributed by atoms with Gasteiger partial charge in [0.2, 0.25) is 0 Å². The maximum Gasteiger partial charge on any atom is 0.0658 e. The van der Waals surface area contributed by atoms with Gasteiger partial charge in [0.15, 0.2) is 0 Å². The summed E-state index contributed by atoms with van der Waals surface area (Å²) in [5.74, 6) is 8.92. The molecule has 0 spiro atoms. The average Bonchev–Trinajstić information content (AvgIpc) is 2.78. The molecule has 4 aliphatic carbocycles. The van der Waals surface area contributed by atoms with Crippen molar-refractivity contribution in [3.63, 3.8) is 0 Å². The number of nitriles is 1. The molecular weight excluding hydrogens is 374 g/mol. The third-order valence-electron chi connectivity index (χ3n) is 10.5. The second-order valence-electron chi connectivity index (χ2n) is 12.9. The molecule has 0 aliphatic heterocycles. The first-order valence-electron chi connectivity index (χ1n) is 14.3. The quantitative estimate of drug-likeness (QED) is 0.430. The van der Waals surface area contributed by atoms with E-state index in [0.29, 0.717) is 11.8 Å². The van der Waals surface area contributed by atoms with Crippen LogP contribution >= 0.6 is 0 Å². The molecule has 0 amide bonds. The van der Waals surface area contributed by atoms with E-state index in [1.165, 1.54) is 89.9 Å². The van der Waals surface area contributed by atoms with Crippen LogP contribution in [0.5, 0.6) is 0 Å². The van der Waals surface area contributed by atoms with Crippen LogP contribution in [0, 0.1) is 70.5 Å². The fourth-order valence-corrected chi connectivity index (χ4v) is 7.49. The van der Waals surface area contributed by atoms with Crippen molar-refractivity contribution >= 4 is 0 Å². The van der Waals surface area contributed by atoms with Crippen molar-refractivity contribution in [2.75, 3.05) is 0 Å². The van der Waals surface area contributed by atoms with Gasteiger partial charge in [-0.25, -0.2) is 0 Å². The predicted molar refractivity (Wildman–Crippen MR) is 134 cm³/mol. The van der Waals surface area contributed by atoms with Crippen LogP contribution in [0.25, 0.3) is 0 Å². The van der Waals surface area contributed by atoms with Gasteiger partial charge in [0.1, 0.15) is 0 Å². The Kier molecular flexibility index (Phi) is 9.80. The minimum Gasteiger partial charge on any atom is -0.198 e. The van der Waals surface area contributed by atoms with E-state index in [1.54, 1.807) is 0 Å².